The highest BCUT2D eigenvalue weighted by Gasteiger charge is 2.09. The molecular weight excluding hydrogens is 255 g/mol. The summed E-state index contributed by atoms with van der Waals surface area (Å²) in [5.41, 5.74) is 0. The molecule has 0 atom stereocenters. The Hall–Kier alpha value is -1.13. The van der Waals surface area contributed by atoms with Gasteiger partial charge in [0, 0.05) is 17.5 Å². The van der Waals surface area contributed by atoms with Gasteiger partial charge in [-0.15, -0.1) is 0 Å². The Morgan fingerprint density at radius 3 is 2.62 bits per heavy atom. The van der Waals surface area contributed by atoms with Crippen molar-refractivity contribution in [2.75, 3.05) is 6.61 Å². The molecule has 0 unspecified atom stereocenters. The number of phenolic OH excluding ortho intramolecular Hbond substituents is 1. The molecule has 0 aromatic heterocycles. The van der Waals surface area contributed by atoms with E-state index in [0.29, 0.717) is 11.4 Å². The lowest BCUT2D eigenvalue weighted by molar-refractivity contribution is -0.137. The maximum absolute atomic E-state index is 10.2. The zero-order valence-corrected chi connectivity index (χ0v) is 9.75. The molecule has 16 heavy (non-hydrogen) atoms. The van der Waals surface area contributed by atoms with Crippen molar-refractivity contribution < 1.29 is 19.7 Å². The van der Waals surface area contributed by atoms with E-state index < -0.39 is 5.97 Å². The van der Waals surface area contributed by atoms with Gasteiger partial charge in [0.2, 0.25) is 0 Å². The van der Waals surface area contributed by atoms with Crippen LogP contribution < -0.4 is 4.74 Å². The number of benzene rings is 1. The number of carboxylic acids is 1. The molecule has 2 N–H and O–H groups in total. The van der Waals surface area contributed by atoms with Crippen LogP contribution in [-0.4, -0.2) is 22.8 Å². The fourth-order valence-corrected chi connectivity index (χ4v) is 1.62. The molecule has 0 saturated heterocycles. The van der Waals surface area contributed by atoms with E-state index in [1.165, 1.54) is 12.1 Å². The van der Waals surface area contributed by atoms with Crippen LogP contribution in [0.15, 0.2) is 12.1 Å². The summed E-state index contributed by atoms with van der Waals surface area (Å²) in [4.78, 5) is 10.2. The molecule has 1 aromatic carbocycles. The number of halogens is 2. The van der Waals surface area contributed by atoms with Gasteiger partial charge in [0.15, 0.2) is 11.5 Å². The highest BCUT2D eigenvalue weighted by atomic mass is 35.5. The van der Waals surface area contributed by atoms with Crippen molar-refractivity contribution in [3.63, 3.8) is 0 Å². The summed E-state index contributed by atoms with van der Waals surface area (Å²) in [6.07, 6.45) is 0.347. The highest BCUT2D eigenvalue weighted by molar-refractivity contribution is 6.35. The zero-order valence-electron chi connectivity index (χ0n) is 8.24. The van der Waals surface area contributed by atoms with E-state index in [9.17, 15) is 9.90 Å². The maximum atomic E-state index is 10.2. The molecule has 0 heterocycles. The minimum absolute atomic E-state index is 0.00592. The molecule has 0 aliphatic heterocycles. The first-order chi connectivity index (χ1) is 7.50. The lowest BCUT2D eigenvalue weighted by atomic mass is 10.3. The van der Waals surface area contributed by atoms with Gasteiger partial charge in [0.05, 0.1) is 11.6 Å². The second-order valence-electron chi connectivity index (χ2n) is 3.08. The van der Waals surface area contributed by atoms with E-state index in [4.69, 9.17) is 33.0 Å². The summed E-state index contributed by atoms with van der Waals surface area (Å²) < 4.78 is 5.17. The number of rotatable bonds is 5. The number of phenols is 1. The summed E-state index contributed by atoms with van der Waals surface area (Å²) in [5.74, 6) is -0.931. The SMILES string of the molecule is O=C(O)CCCOc1c(O)cc(Cl)cc1Cl. The van der Waals surface area contributed by atoms with Crippen molar-refractivity contribution in [3.8, 4) is 11.5 Å². The Morgan fingerprint density at radius 2 is 2.06 bits per heavy atom. The molecule has 1 aromatic rings. The van der Waals surface area contributed by atoms with Crippen LogP contribution in [0.3, 0.4) is 0 Å². The van der Waals surface area contributed by atoms with Crippen LogP contribution >= 0.6 is 23.2 Å². The van der Waals surface area contributed by atoms with Crippen LogP contribution in [0.2, 0.25) is 10.0 Å². The second-order valence-corrected chi connectivity index (χ2v) is 3.93. The van der Waals surface area contributed by atoms with E-state index in [-0.39, 0.29) is 29.5 Å². The molecule has 0 saturated carbocycles. The Kier molecular flexibility index (Phi) is 4.71. The molecule has 0 fully saturated rings. The van der Waals surface area contributed by atoms with E-state index in [1.54, 1.807) is 0 Å². The van der Waals surface area contributed by atoms with Crippen LogP contribution in [0.4, 0.5) is 0 Å². The Bertz CT molecular complexity index is 369. The summed E-state index contributed by atoms with van der Waals surface area (Å²) in [5, 5.41) is 18.4. The van der Waals surface area contributed by atoms with Crippen LogP contribution in [0, 0.1) is 0 Å². The Balaban J connectivity index is 2.57. The van der Waals surface area contributed by atoms with Gasteiger partial charge in [-0.1, -0.05) is 23.2 Å². The third-order valence-electron chi connectivity index (χ3n) is 1.77. The third-order valence-corrected chi connectivity index (χ3v) is 2.27. The first-order valence-electron chi connectivity index (χ1n) is 4.53. The van der Waals surface area contributed by atoms with E-state index in [1.807, 2.05) is 0 Å². The molecule has 88 valence electrons. The quantitative estimate of drug-likeness (QED) is 0.803. The maximum Gasteiger partial charge on any atom is 0.303 e. The van der Waals surface area contributed by atoms with E-state index >= 15 is 0 Å². The smallest absolute Gasteiger partial charge is 0.303 e. The highest BCUT2D eigenvalue weighted by Crippen LogP contribution is 2.37. The molecule has 0 aliphatic carbocycles. The predicted octanol–water partition coefficient (Wildman–Crippen LogP) is 2.94. The molecular formula is C10H10Cl2O4. The van der Waals surface area contributed by atoms with Gasteiger partial charge < -0.3 is 14.9 Å². The van der Waals surface area contributed by atoms with Gasteiger partial charge in [-0.05, 0) is 12.5 Å². The topological polar surface area (TPSA) is 66.8 Å². The molecule has 0 aliphatic rings. The molecule has 0 bridgehead atoms. The normalized spacial score (nSPS) is 10.1. The second kappa shape index (κ2) is 5.82. The summed E-state index contributed by atoms with van der Waals surface area (Å²) in [7, 11) is 0. The molecule has 6 heteroatoms. The first kappa shape index (κ1) is 12.9. The number of hydrogen-bond donors (Lipinski definition) is 2. The average molecular weight is 265 g/mol. The van der Waals surface area contributed by atoms with Crippen molar-refractivity contribution in [1.29, 1.82) is 0 Å². The van der Waals surface area contributed by atoms with Gasteiger partial charge in [0.25, 0.3) is 0 Å². The van der Waals surface area contributed by atoms with Crippen molar-refractivity contribution in [2.24, 2.45) is 0 Å². The van der Waals surface area contributed by atoms with Gasteiger partial charge in [-0.2, -0.15) is 0 Å². The fourth-order valence-electron chi connectivity index (χ4n) is 1.09. The van der Waals surface area contributed by atoms with Gasteiger partial charge in [-0.25, -0.2) is 0 Å². The van der Waals surface area contributed by atoms with Gasteiger partial charge >= 0.3 is 5.97 Å². The number of aliphatic carboxylic acids is 1. The summed E-state index contributed by atoms with van der Waals surface area (Å²) >= 11 is 11.4. The number of ether oxygens (including phenoxy) is 1. The molecule has 0 radical (unpaired) electrons. The minimum Gasteiger partial charge on any atom is -0.504 e. The zero-order chi connectivity index (χ0) is 12.1. The molecule has 4 nitrogen and oxygen atoms in total. The molecule has 0 amide bonds. The van der Waals surface area contributed by atoms with E-state index in [0.717, 1.165) is 0 Å². The fraction of sp³-hybridized carbons (Fsp3) is 0.300. The van der Waals surface area contributed by atoms with Gasteiger partial charge in [-0.3, -0.25) is 4.79 Å². The van der Waals surface area contributed by atoms with Crippen molar-refractivity contribution in [3.05, 3.63) is 22.2 Å². The Labute approximate surface area is 102 Å². The lowest BCUT2D eigenvalue weighted by Gasteiger charge is -2.09. The predicted molar refractivity (Wildman–Crippen MR) is 60.5 cm³/mol. The van der Waals surface area contributed by atoms with Crippen molar-refractivity contribution in [2.45, 2.75) is 12.8 Å². The monoisotopic (exact) mass is 264 g/mol. The minimum atomic E-state index is -0.893. The van der Waals surface area contributed by atoms with Crippen LogP contribution in [0.25, 0.3) is 0 Å². The van der Waals surface area contributed by atoms with Crippen LogP contribution in [0.1, 0.15) is 12.8 Å². The standard InChI is InChI=1S/C10H10Cl2O4/c11-6-4-7(12)10(8(13)5-6)16-3-1-2-9(14)15/h4-5,13H,1-3H2,(H,14,15). The van der Waals surface area contributed by atoms with Gasteiger partial charge in [0.1, 0.15) is 0 Å². The number of carboxylic acid groups (broad SMARTS) is 1. The average Bonchev–Trinajstić information content (AvgIpc) is 2.14. The molecule has 1 rings (SSSR count). The van der Waals surface area contributed by atoms with E-state index in [2.05, 4.69) is 0 Å². The van der Waals surface area contributed by atoms with Crippen LogP contribution in [0.5, 0.6) is 11.5 Å². The number of hydrogen-bond acceptors (Lipinski definition) is 3. The first-order valence-corrected chi connectivity index (χ1v) is 5.29. The van der Waals surface area contributed by atoms with Crippen LogP contribution in [-0.2, 0) is 4.79 Å². The summed E-state index contributed by atoms with van der Waals surface area (Å²) in [6, 6.07) is 2.75. The van der Waals surface area contributed by atoms with Crippen molar-refractivity contribution in [1.82, 2.24) is 0 Å². The van der Waals surface area contributed by atoms with Crippen molar-refractivity contribution >= 4 is 29.2 Å². The number of aromatic hydroxyl groups is 1. The Morgan fingerprint density at radius 1 is 1.38 bits per heavy atom. The molecule has 0 spiro atoms. The largest absolute Gasteiger partial charge is 0.504 e. The lowest BCUT2D eigenvalue weighted by Crippen LogP contribution is -2.02. The number of carbonyl (C=O) groups is 1. The summed E-state index contributed by atoms with van der Waals surface area (Å²) in [6.45, 7) is 0.168. The third kappa shape index (κ3) is 3.79.